The summed E-state index contributed by atoms with van der Waals surface area (Å²) in [4.78, 5) is 12.2. The highest BCUT2D eigenvalue weighted by atomic mass is 16.5. The Morgan fingerprint density at radius 1 is 1.25 bits per heavy atom. The van der Waals surface area contributed by atoms with Gasteiger partial charge in [-0.05, 0) is 30.1 Å². The van der Waals surface area contributed by atoms with E-state index in [1.54, 1.807) is 0 Å². The normalized spacial score (nSPS) is 29.9. The highest BCUT2D eigenvalue weighted by molar-refractivity contribution is 5.76. The topological polar surface area (TPSA) is 50.4 Å². The van der Waals surface area contributed by atoms with Crippen LogP contribution in [-0.4, -0.2) is 37.7 Å². The first kappa shape index (κ1) is 15.8. The van der Waals surface area contributed by atoms with Crippen molar-refractivity contribution in [2.45, 2.75) is 65.5 Å². The fraction of sp³-hybridized carbons (Fsp3) is 0.938. The minimum absolute atomic E-state index is 0.0355. The van der Waals surface area contributed by atoms with Crippen molar-refractivity contribution in [3.63, 3.8) is 0 Å². The van der Waals surface area contributed by atoms with Crippen molar-refractivity contribution < 1.29 is 9.53 Å². The summed E-state index contributed by atoms with van der Waals surface area (Å²) in [5.41, 5.74) is 0.616. The van der Waals surface area contributed by atoms with E-state index < -0.39 is 0 Å². The molecule has 2 rings (SSSR count). The lowest BCUT2D eigenvalue weighted by Gasteiger charge is -2.45. The summed E-state index contributed by atoms with van der Waals surface area (Å²) in [6.45, 7) is 11.6. The van der Waals surface area contributed by atoms with Crippen molar-refractivity contribution in [3.05, 3.63) is 0 Å². The molecule has 1 unspecified atom stereocenters. The Kier molecular flexibility index (Phi) is 4.75. The summed E-state index contributed by atoms with van der Waals surface area (Å²) in [6.07, 6.45) is 3.89. The second-order valence-corrected chi connectivity index (χ2v) is 8.08. The molecule has 1 atom stereocenters. The fourth-order valence-corrected chi connectivity index (χ4v) is 4.19. The van der Waals surface area contributed by atoms with Crippen LogP contribution < -0.4 is 10.6 Å². The molecule has 1 aliphatic carbocycles. The minimum Gasteiger partial charge on any atom is -0.375 e. The molecule has 20 heavy (non-hydrogen) atoms. The minimum atomic E-state index is 0.0355. The van der Waals surface area contributed by atoms with Crippen LogP contribution in [0.4, 0.5) is 0 Å². The van der Waals surface area contributed by atoms with Crippen LogP contribution in [0, 0.1) is 10.8 Å². The van der Waals surface area contributed by atoms with Gasteiger partial charge in [-0.25, -0.2) is 0 Å². The SMILES string of the molecule is CC1(C)CC(NC(=O)CC2CNCCO2)CC(C)(C)C1. The monoisotopic (exact) mass is 282 g/mol. The number of hydrogen-bond acceptors (Lipinski definition) is 3. The largest absolute Gasteiger partial charge is 0.375 e. The van der Waals surface area contributed by atoms with Gasteiger partial charge in [-0.2, -0.15) is 0 Å². The van der Waals surface area contributed by atoms with Gasteiger partial charge in [0.05, 0.1) is 19.1 Å². The number of rotatable bonds is 3. The number of amides is 1. The number of carbonyl (C=O) groups excluding carboxylic acids is 1. The Hall–Kier alpha value is -0.610. The second kappa shape index (κ2) is 6.02. The van der Waals surface area contributed by atoms with E-state index in [0.717, 1.165) is 25.9 Å². The van der Waals surface area contributed by atoms with Gasteiger partial charge in [0.15, 0.2) is 0 Å². The molecule has 1 aliphatic heterocycles. The zero-order valence-corrected chi connectivity index (χ0v) is 13.4. The van der Waals surface area contributed by atoms with E-state index in [1.165, 1.54) is 6.42 Å². The highest BCUT2D eigenvalue weighted by Crippen LogP contribution is 2.45. The predicted octanol–water partition coefficient (Wildman–Crippen LogP) is 2.09. The molecule has 1 heterocycles. The standard InChI is InChI=1S/C16H30N2O2/c1-15(2)8-12(9-16(3,4)11-15)18-14(19)7-13-10-17-5-6-20-13/h12-13,17H,5-11H2,1-4H3,(H,18,19). The second-order valence-electron chi connectivity index (χ2n) is 8.08. The van der Waals surface area contributed by atoms with Gasteiger partial charge in [-0.15, -0.1) is 0 Å². The van der Waals surface area contributed by atoms with E-state index in [4.69, 9.17) is 4.74 Å². The van der Waals surface area contributed by atoms with Gasteiger partial charge in [-0.3, -0.25) is 4.79 Å². The first-order chi connectivity index (χ1) is 9.26. The van der Waals surface area contributed by atoms with Crippen molar-refractivity contribution in [2.75, 3.05) is 19.7 Å². The molecular formula is C16H30N2O2. The summed E-state index contributed by atoms with van der Waals surface area (Å²) in [5.74, 6) is 0.136. The Labute approximate surface area is 123 Å². The third-order valence-corrected chi connectivity index (χ3v) is 4.34. The quantitative estimate of drug-likeness (QED) is 0.833. The Morgan fingerprint density at radius 2 is 1.90 bits per heavy atom. The third-order valence-electron chi connectivity index (χ3n) is 4.34. The van der Waals surface area contributed by atoms with Gasteiger partial charge < -0.3 is 15.4 Å². The van der Waals surface area contributed by atoms with Crippen LogP contribution in [0.15, 0.2) is 0 Å². The van der Waals surface area contributed by atoms with Crippen molar-refractivity contribution in [2.24, 2.45) is 10.8 Å². The number of ether oxygens (including phenoxy) is 1. The number of nitrogens with one attached hydrogen (secondary N) is 2. The molecule has 4 nitrogen and oxygen atoms in total. The average molecular weight is 282 g/mol. The molecule has 1 saturated heterocycles. The van der Waals surface area contributed by atoms with Gasteiger partial charge in [-0.1, -0.05) is 27.7 Å². The van der Waals surface area contributed by atoms with Crippen LogP contribution >= 0.6 is 0 Å². The van der Waals surface area contributed by atoms with E-state index in [2.05, 4.69) is 38.3 Å². The molecule has 0 radical (unpaired) electrons. The Bertz CT molecular complexity index is 330. The highest BCUT2D eigenvalue weighted by Gasteiger charge is 2.39. The van der Waals surface area contributed by atoms with Crippen molar-refractivity contribution in [1.82, 2.24) is 10.6 Å². The smallest absolute Gasteiger partial charge is 0.222 e. The zero-order valence-electron chi connectivity index (χ0n) is 13.4. The molecule has 4 heteroatoms. The van der Waals surface area contributed by atoms with Crippen LogP contribution in [0.3, 0.4) is 0 Å². The predicted molar refractivity (Wildman–Crippen MR) is 80.6 cm³/mol. The van der Waals surface area contributed by atoms with E-state index in [1.807, 2.05) is 0 Å². The van der Waals surface area contributed by atoms with Gasteiger partial charge in [0.25, 0.3) is 0 Å². The maximum atomic E-state index is 12.2. The third kappa shape index (κ3) is 4.74. The molecule has 2 N–H and O–H groups in total. The number of carbonyl (C=O) groups is 1. The summed E-state index contributed by atoms with van der Waals surface area (Å²) < 4.78 is 5.60. The lowest BCUT2D eigenvalue weighted by atomic mass is 9.63. The molecule has 1 amide bonds. The van der Waals surface area contributed by atoms with Gasteiger partial charge in [0.2, 0.25) is 5.91 Å². The van der Waals surface area contributed by atoms with E-state index in [0.29, 0.717) is 29.9 Å². The molecule has 0 bridgehead atoms. The zero-order chi connectivity index (χ0) is 14.8. The molecule has 2 aliphatic rings. The van der Waals surface area contributed by atoms with Crippen LogP contribution in [-0.2, 0) is 9.53 Å². The van der Waals surface area contributed by atoms with Gasteiger partial charge >= 0.3 is 0 Å². The molecule has 0 aromatic carbocycles. The van der Waals surface area contributed by atoms with Crippen LogP contribution in [0.25, 0.3) is 0 Å². The summed E-state index contributed by atoms with van der Waals surface area (Å²) in [5, 5.41) is 6.50. The number of morpholine rings is 1. The van der Waals surface area contributed by atoms with E-state index in [9.17, 15) is 4.79 Å². The van der Waals surface area contributed by atoms with Crippen LogP contribution in [0.5, 0.6) is 0 Å². The molecular weight excluding hydrogens is 252 g/mol. The maximum Gasteiger partial charge on any atom is 0.222 e. The summed E-state index contributed by atoms with van der Waals surface area (Å²) >= 11 is 0. The van der Waals surface area contributed by atoms with Gasteiger partial charge in [0.1, 0.15) is 0 Å². The first-order valence-electron chi connectivity index (χ1n) is 7.88. The maximum absolute atomic E-state index is 12.2. The average Bonchev–Trinajstić information content (AvgIpc) is 2.25. The van der Waals surface area contributed by atoms with Gasteiger partial charge in [0, 0.05) is 19.1 Å². The Morgan fingerprint density at radius 3 is 2.45 bits per heavy atom. The lowest BCUT2D eigenvalue weighted by Crippen LogP contribution is -2.48. The molecule has 116 valence electrons. The first-order valence-corrected chi connectivity index (χ1v) is 7.88. The van der Waals surface area contributed by atoms with E-state index in [-0.39, 0.29) is 12.0 Å². The summed E-state index contributed by atoms with van der Waals surface area (Å²) in [6, 6.07) is 0.304. The van der Waals surface area contributed by atoms with Crippen LogP contribution in [0.2, 0.25) is 0 Å². The van der Waals surface area contributed by atoms with Crippen molar-refractivity contribution >= 4 is 5.91 Å². The molecule has 2 fully saturated rings. The molecule has 0 spiro atoms. The van der Waals surface area contributed by atoms with Crippen molar-refractivity contribution in [3.8, 4) is 0 Å². The summed E-state index contributed by atoms with van der Waals surface area (Å²) in [7, 11) is 0. The van der Waals surface area contributed by atoms with Crippen molar-refractivity contribution in [1.29, 1.82) is 0 Å². The molecule has 0 aromatic rings. The fourth-order valence-electron chi connectivity index (χ4n) is 4.19. The van der Waals surface area contributed by atoms with Crippen LogP contribution in [0.1, 0.15) is 53.4 Å². The molecule has 1 saturated carbocycles. The lowest BCUT2D eigenvalue weighted by molar-refractivity contribution is -0.126. The number of hydrogen-bond donors (Lipinski definition) is 2. The molecule has 0 aromatic heterocycles. The van der Waals surface area contributed by atoms with E-state index >= 15 is 0 Å². The Balaban J connectivity index is 1.83.